The Hall–Kier alpha value is -2.10. The average Bonchev–Trinajstić information content (AvgIpc) is 3.26. The van der Waals surface area contributed by atoms with Gasteiger partial charge in [0.05, 0.1) is 29.4 Å². The lowest BCUT2D eigenvalue weighted by Crippen LogP contribution is -2.46. The number of ether oxygens (including phenoxy) is 1. The molecule has 0 radical (unpaired) electrons. The molecule has 1 aromatic carbocycles. The van der Waals surface area contributed by atoms with Gasteiger partial charge in [0.15, 0.2) is 5.13 Å². The molecule has 3 rings (SSSR count). The number of aliphatic carboxylic acids is 1. The average molecular weight is 506 g/mol. The van der Waals surface area contributed by atoms with Crippen molar-refractivity contribution in [1.82, 2.24) is 9.88 Å². The number of thioether (sulfide) groups is 1. The van der Waals surface area contributed by atoms with Crippen molar-refractivity contribution >= 4 is 40.2 Å². The van der Waals surface area contributed by atoms with E-state index < -0.39 is 5.97 Å². The van der Waals surface area contributed by atoms with Gasteiger partial charge in [-0.3, -0.25) is 10.1 Å². The summed E-state index contributed by atoms with van der Waals surface area (Å²) in [5.74, 6) is 0.293. The highest BCUT2D eigenvalue weighted by Crippen LogP contribution is 2.30. The number of aromatic nitrogens is 1. The Morgan fingerprint density at radius 2 is 1.94 bits per heavy atom. The summed E-state index contributed by atoms with van der Waals surface area (Å²) >= 11 is 2.50. The molecular formula is C25H35N3O4S2. The minimum absolute atomic E-state index is 0.0283. The number of nitrogens with zero attached hydrogens (tertiary/aromatic N) is 2. The first-order chi connectivity index (χ1) is 16.3. The number of carbonyl (C=O) groups is 2. The summed E-state index contributed by atoms with van der Waals surface area (Å²) in [6.07, 6.45) is 5.81. The summed E-state index contributed by atoms with van der Waals surface area (Å²) in [6.45, 7) is 8.12. The van der Waals surface area contributed by atoms with Gasteiger partial charge in [0.2, 0.25) is 0 Å². The number of anilines is 1. The molecule has 0 bridgehead atoms. The Kier molecular flexibility index (Phi) is 10.2. The van der Waals surface area contributed by atoms with E-state index in [4.69, 9.17) is 9.84 Å². The lowest BCUT2D eigenvalue weighted by molar-refractivity contribution is -0.133. The van der Waals surface area contributed by atoms with E-state index in [-0.39, 0.29) is 17.8 Å². The maximum absolute atomic E-state index is 13.2. The summed E-state index contributed by atoms with van der Waals surface area (Å²) in [4.78, 5) is 30.1. The number of thiazole rings is 1. The molecule has 2 aromatic rings. The minimum Gasteiger partial charge on any atom is -0.481 e. The first-order valence-corrected chi connectivity index (χ1v) is 13.7. The monoisotopic (exact) mass is 505 g/mol. The summed E-state index contributed by atoms with van der Waals surface area (Å²) in [5.41, 5.74) is 2.44. The van der Waals surface area contributed by atoms with Crippen LogP contribution in [-0.4, -0.2) is 51.9 Å². The van der Waals surface area contributed by atoms with E-state index in [1.807, 2.05) is 4.90 Å². The highest BCUT2D eigenvalue weighted by molar-refractivity contribution is 8.01. The zero-order valence-electron chi connectivity index (χ0n) is 20.2. The van der Waals surface area contributed by atoms with E-state index in [0.29, 0.717) is 36.7 Å². The summed E-state index contributed by atoms with van der Waals surface area (Å²) < 4.78 is 6.69. The van der Waals surface area contributed by atoms with Crippen molar-refractivity contribution in [3.05, 3.63) is 41.6 Å². The van der Waals surface area contributed by atoms with Gasteiger partial charge in [0.25, 0.3) is 0 Å². The minimum atomic E-state index is -0.877. The molecule has 0 atom stereocenters. The Morgan fingerprint density at radius 3 is 2.59 bits per heavy atom. The SMILES string of the molecule is CC(C)c1ccc(COCCN(C(=O)Nc2ncc(SCC(=O)O)s2)[C@H]2CC[C@H](C)CC2)cc1. The number of amides is 2. The molecule has 0 unspecified atom stereocenters. The van der Waals surface area contributed by atoms with Gasteiger partial charge in [0.1, 0.15) is 0 Å². The topological polar surface area (TPSA) is 91.8 Å². The number of benzene rings is 1. The first kappa shape index (κ1) is 26.5. The zero-order chi connectivity index (χ0) is 24.5. The second kappa shape index (κ2) is 13.1. The van der Waals surface area contributed by atoms with Crippen molar-refractivity contribution in [1.29, 1.82) is 0 Å². The van der Waals surface area contributed by atoms with Gasteiger partial charge >= 0.3 is 12.0 Å². The van der Waals surface area contributed by atoms with E-state index in [9.17, 15) is 9.59 Å². The molecule has 1 aliphatic carbocycles. The molecule has 1 saturated carbocycles. The van der Waals surface area contributed by atoms with Crippen molar-refractivity contribution < 1.29 is 19.4 Å². The fourth-order valence-corrected chi connectivity index (χ4v) is 5.62. The van der Waals surface area contributed by atoms with E-state index in [2.05, 4.69) is 55.3 Å². The Balaban J connectivity index is 1.55. The predicted molar refractivity (Wildman–Crippen MR) is 138 cm³/mol. The van der Waals surface area contributed by atoms with Gasteiger partial charge in [0, 0.05) is 12.6 Å². The maximum atomic E-state index is 13.2. The number of rotatable bonds is 11. The standard InChI is InChI=1S/C25H35N3O4S2/c1-17(2)20-8-6-19(7-9-20)15-32-13-12-28(21-10-4-18(3)5-11-21)25(31)27-24-26-14-23(34-24)33-16-22(29)30/h6-9,14,17-18,21H,4-5,10-13,15-16H2,1-3H3,(H,29,30)(H,26,27,31)/t18-,21-. The summed E-state index contributed by atoms with van der Waals surface area (Å²) in [6, 6.07) is 8.50. The fraction of sp³-hybridized carbons (Fsp3) is 0.560. The summed E-state index contributed by atoms with van der Waals surface area (Å²) in [5, 5.41) is 12.2. The van der Waals surface area contributed by atoms with Crippen LogP contribution in [0.15, 0.2) is 34.7 Å². The van der Waals surface area contributed by atoms with Crippen molar-refractivity contribution in [2.24, 2.45) is 5.92 Å². The molecular weight excluding hydrogens is 470 g/mol. The Morgan fingerprint density at radius 1 is 1.24 bits per heavy atom. The van der Waals surface area contributed by atoms with Crippen LogP contribution in [0, 0.1) is 5.92 Å². The van der Waals surface area contributed by atoms with Crippen molar-refractivity contribution in [2.45, 2.75) is 69.2 Å². The second-order valence-electron chi connectivity index (χ2n) is 9.15. The molecule has 1 heterocycles. The Bertz CT molecular complexity index is 924. The predicted octanol–water partition coefficient (Wildman–Crippen LogP) is 6.07. The summed E-state index contributed by atoms with van der Waals surface area (Å²) in [7, 11) is 0. The van der Waals surface area contributed by atoms with Gasteiger partial charge in [-0.15, -0.1) is 11.8 Å². The second-order valence-corrected chi connectivity index (χ2v) is 11.5. The molecule has 9 heteroatoms. The maximum Gasteiger partial charge on any atom is 0.323 e. The molecule has 2 amide bonds. The molecule has 0 saturated heterocycles. The van der Waals surface area contributed by atoms with Crippen LogP contribution in [0.1, 0.15) is 63.5 Å². The van der Waals surface area contributed by atoms with Crippen LogP contribution in [-0.2, 0) is 16.1 Å². The van der Waals surface area contributed by atoms with Crippen molar-refractivity contribution in [3.63, 3.8) is 0 Å². The third kappa shape index (κ3) is 8.29. The number of carboxylic acid groups (broad SMARTS) is 1. The third-order valence-electron chi connectivity index (χ3n) is 6.11. The molecule has 0 spiro atoms. The smallest absolute Gasteiger partial charge is 0.323 e. The normalized spacial score (nSPS) is 18.1. The highest BCUT2D eigenvalue weighted by atomic mass is 32.2. The van der Waals surface area contributed by atoms with Crippen LogP contribution in [0.3, 0.4) is 0 Å². The molecule has 1 aliphatic rings. The van der Waals surface area contributed by atoms with Crippen LogP contribution in [0.25, 0.3) is 0 Å². The third-order valence-corrected chi connectivity index (χ3v) is 8.21. The van der Waals surface area contributed by atoms with Crippen LogP contribution in [0.2, 0.25) is 0 Å². The lowest BCUT2D eigenvalue weighted by atomic mass is 9.86. The largest absolute Gasteiger partial charge is 0.481 e. The van der Waals surface area contributed by atoms with E-state index in [1.54, 1.807) is 6.20 Å². The molecule has 7 nitrogen and oxygen atoms in total. The zero-order valence-corrected chi connectivity index (χ0v) is 21.8. The number of nitrogens with one attached hydrogen (secondary N) is 1. The van der Waals surface area contributed by atoms with E-state index in [1.165, 1.54) is 28.7 Å². The highest BCUT2D eigenvalue weighted by Gasteiger charge is 2.28. The van der Waals surface area contributed by atoms with Gasteiger partial charge in [-0.1, -0.05) is 56.4 Å². The van der Waals surface area contributed by atoms with Gasteiger partial charge in [-0.25, -0.2) is 9.78 Å². The van der Waals surface area contributed by atoms with Gasteiger partial charge in [-0.2, -0.15) is 0 Å². The number of hydrogen-bond acceptors (Lipinski definition) is 6. The van der Waals surface area contributed by atoms with E-state index in [0.717, 1.165) is 35.5 Å². The van der Waals surface area contributed by atoms with Crippen LogP contribution in [0.4, 0.5) is 9.93 Å². The quantitative estimate of drug-likeness (QED) is 0.284. The molecule has 0 aliphatic heterocycles. The van der Waals surface area contributed by atoms with Crippen LogP contribution < -0.4 is 5.32 Å². The van der Waals surface area contributed by atoms with E-state index >= 15 is 0 Å². The number of carbonyl (C=O) groups excluding carboxylic acids is 1. The number of carboxylic acids is 1. The van der Waals surface area contributed by atoms with Crippen molar-refractivity contribution in [2.75, 3.05) is 24.2 Å². The van der Waals surface area contributed by atoms with Crippen LogP contribution in [0.5, 0.6) is 0 Å². The number of hydrogen-bond donors (Lipinski definition) is 2. The fourth-order valence-electron chi connectivity index (χ4n) is 4.04. The van der Waals surface area contributed by atoms with Gasteiger partial charge in [-0.05, 0) is 48.6 Å². The van der Waals surface area contributed by atoms with Crippen LogP contribution >= 0.6 is 23.1 Å². The number of urea groups is 1. The molecule has 34 heavy (non-hydrogen) atoms. The van der Waals surface area contributed by atoms with Crippen molar-refractivity contribution in [3.8, 4) is 0 Å². The molecule has 1 fully saturated rings. The molecule has 2 N–H and O–H groups in total. The van der Waals surface area contributed by atoms with Gasteiger partial charge < -0.3 is 14.7 Å². The Labute approximate surface area is 210 Å². The first-order valence-electron chi connectivity index (χ1n) is 11.9. The lowest BCUT2D eigenvalue weighted by Gasteiger charge is -2.36. The molecule has 1 aromatic heterocycles. The molecule has 186 valence electrons.